The minimum absolute atomic E-state index is 0.196. The summed E-state index contributed by atoms with van der Waals surface area (Å²) in [5.41, 5.74) is 0. The number of halogens is 1. The Morgan fingerprint density at radius 3 is 2.90 bits per heavy atom. The highest BCUT2D eigenvalue weighted by molar-refractivity contribution is 8.22. The molecule has 0 saturated carbocycles. The molecule has 0 amide bonds. The third-order valence-corrected chi connectivity index (χ3v) is 3.20. The van der Waals surface area contributed by atoms with Gasteiger partial charge in [-0.3, -0.25) is 4.79 Å². The number of aliphatic carboxylic acids is 1. The van der Waals surface area contributed by atoms with Crippen molar-refractivity contribution in [1.29, 1.82) is 0 Å². The molecule has 0 fully saturated rings. The molecule has 1 unspecified atom stereocenters. The van der Waals surface area contributed by atoms with E-state index in [4.69, 9.17) is 16.7 Å². The molecule has 1 atom stereocenters. The Bertz CT molecular complexity index is 210. The van der Waals surface area contributed by atoms with Crippen LogP contribution in [0.4, 0.5) is 0 Å². The number of hydrogen-bond acceptors (Lipinski definition) is 1. The fourth-order valence-corrected chi connectivity index (χ4v) is 2.54. The fourth-order valence-electron chi connectivity index (χ4n) is 0.666. The normalized spacial score (nSPS) is 26.5. The van der Waals surface area contributed by atoms with Crippen molar-refractivity contribution in [2.75, 3.05) is 5.75 Å². The van der Waals surface area contributed by atoms with E-state index in [-0.39, 0.29) is 5.75 Å². The van der Waals surface area contributed by atoms with Crippen LogP contribution < -0.4 is 0 Å². The van der Waals surface area contributed by atoms with Crippen LogP contribution in [-0.4, -0.2) is 16.8 Å². The minimum atomic E-state index is -0.765. The fraction of sp³-hybridized carbons (Fsp3) is 0.167. The molecule has 1 N–H and O–H groups in total. The first-order chi connectivity index (χ1) is 4.68. The van der Waals surface area contributed by atoms with E-state index >= 15 is 0 Å². The molecule has 0 aromatic heterocycles. The third-order valence-electron chi connectivity index (χ3n) is 1.03. The van der Waals surface area contributed by atoms with Crippen molar-refractivity contribution >= 4 is 28.5 Å². The molecular formula is C6H7ClO2S. The molecule has 10 heavy (non-hydrogen) atoms. The monoisotopic (exact) mass is 178 g/mol. The molecule has 1 aliphatic heterocycles. The highest BCUT2D eigenvalue weighted by Gasteiger charge is 2.07. The Morgan fingerprint density at radius 1 is 1.80 bits per heavy atom. The lowest BCUT2D eigenvalue weighted by Gasteiger charge is -2.02. The average Bonchev–Trinajstić information content (AvgIpc) is 2.13. The summed E-state index contributed by atoms with van der Waals surface area (Å²) >= 11 is 5.59. The third kappa shape index (κ3) is 2.08. The van der Waals surface area contributed by atoms with Crippen LogP contribution in [0, 0.1) is 0 Å². The second-order valence-electron chi connectivity index (χ2n) is 1.90. The summed E-state index contributed by atoms with van der Waals surface area (Å²) in [5.74, 6) is -0.569. The lowest BCUT2D eigenvalue weighted by atomic mass is 10.6. The van der Waals surface area contributed by atoms with E-state index in [9.17, 15) is 4.79 Å². The zero-order valence-electron chi connectivity index (χ0n) is 5.12. The van der Waals surface area contributed by atoms with Crippen LogP contribution in [0.15, 0.2) is 21.9 Å². The Labute approximate surface area is 66.5 Å². The maximum atomic E-state index is 10.2. The smallest absolute Gasteiger partial charge is 0.312 e. The van der Waals surface area contributed by atoms with Crippen LogP contribution in [-0.2, 0) is 4.79 Å². The summed E-state index contributed by atoms with van der Waals surface area (Å²) in [6.45, 7) is 0. The van der Waals surface area contributed by atoms with Crippen LogP contribution in [0.3, 0.4) is 0 Å². The van der Waals surface area contributed by atoms with E-state index in [2.05, 4.69) is 0 Å². The Hall–Kier alpha value is -0.410. The van der Waals surface area contributed by atoms with Gasteiger partial charge in [-0.1, -0.05) is 11.6 Å². The number of carboxylic acid groups (broad SMARTS) is 1. The lowest BCUT2D eigenvalue weighted by Crippen LogP contribution is -1.99. The number of hydrogen-bond donors (Lipinski definition) is 2. The SMILES string of the molecule is O=C(O)C[SH]1C=CC(Cl)=C1. The molecule has 56 valence electrons. The Kier molecular flexibility index (Phi) is 2.40. The second-order valence-corrected chi connectivity index (χ2v) is 4.23. The lowest BCUT2D eigenvalue weighted by molar-refractivity contribution is -0.133. The van der Waals surface area contributed by atoms with E-state index in [0.717, 1.165) is 0 Å². The van der Waals surface area contributed by atoms with Gasteiger partial charge in [-0.05, 0) is 16.9 Å². The molecule has 0 aliphatic carbocycles. The average molecular weight is 179 g/mol. The van der Waals surface area contributed by atoms with Gasteiger partial charge in [0.25, 0.3) is 0 Å². The van der Waals surface area contributed by atoms with Gasteiger partial charge >= 0.3 is 5.97 Å². The maximum Gasteiger partial charge on any atom is 0.312 e. The Morgan fingerprint density at radius 2 is 2.50 bits per heavy atom. The van der Waals surface area contributed by atoms with Gasteiger partial charge < -0.3 is 5.11 Å². The largest absolute Gasteiger partial charge is 0.481 e. The van der Waals surface area contributed by atoms with Crippen molar-refractivity contribution < 1.29 is 9.90 Å². The first-order valence-electron chi connectivity index (χ1n) is 2.71. The van der Waals surface area contributed by atoms with Crippen molar-refractivity contribution in [2.24, 2.45) is 0 Å². The number of thiol groups is 1. The van der Waals surface area contributed by atoms with Gasteiger partial charge in [-0.2, -0.15) is 0 Å². The first-order valence-corrected chi connectivity index (χ1v) is 4.76. The summed E-state index contributed by atoms with van der Waals surface area (Å²) in [6.07, 6.45) is 1.75. The molecule has 2 nitrogen and oxygen atoms in total. The summed E-state index contributed by atoms with van der Waals surface area (Å²) in [4.78, 5) is 10.2. The van der Waals surface area contributed by atoms with Crippen molar-refractivity contribution in [3.8, 4) is 0 Å². The van der Waals surface area contributed by atoms with E-state index in [1.54, 1.807) is 11.5 Å². The van der Waals surface area contributed by atoms with Crippen molar-refractivity contribution in [2.45, 2.75) is 0 Å². The number of allylic oxidation sites excluding steroid dienone is 2. The van der Waals surface area contributed by atoms with Crippen LogP contribution in [0.2, 0.25) is 0 Å². The Balaban J connectivity index is 2.47. The highest BCUT2D eigenvalue weighted by Crippen LogP contribution is 2.36. The van der Waals surface area contributed by atoms with Crippen LogP contribution in [0.25, 0.3) is 0 Å². The number of carbonyl (C=O) groups is 1. The summed E-state index contributed by atoms with van der Waals surface area (Å²) in [5, 5.41) is 12.7. The van der Waals surface area contributed by atoms with Gasteiger partial charge in [0.1, 0.15) is 0 Å². The molecule has 0 bridgehead atoms. The molecule has 4 heteroatoms. The molecular weight excluding hydrogens is 172 g/mol. The van der Waals surface area contributed by atoms with Gasteiger partial charge in [-0.15, -0.1) is 0 Å². The molecule has 0 saturated heterocycles. The molecule has 0 aromatic carbocycles. The first kappa shape index (κ1) is 7.69. The molecule has 0 radical (unpaired) electrons. The zero-order valence-corrected chi connectivity index (χ0v) is 6.77. The number of rotatable bonds is 2. The van der Waals surface area contributed by atoms with E-state index in [0.29, 0.717) is 5.03 Å². The zero-order chi connectivity index (χ0) is 7.56. The topological polar surface area (TPSA) is 37.3 Å². The van der Waals surface area contributed by atoms with Crippen molar-refractivity contribution in [1.82, 2.24) is 0 Å². The number of carboxylic acids is 1. The van der Waals surface area contributed by atoms with Crippen LogP contribution in [0.5, 0.6) is 0 Å². The summed E-state index contributed by atoms with van der Waals surface area (Å²) in [6, 6.07) is 0. The molecule has 1 aliphatic rings. The van der Waals surface area contributed by atoms with E-state index < -0.39 is 16.9 Å². The van der Waals surface area contributed by atoms with Gasteiger partial charge in [0.05, 0.1) is 5.75 Å². The predicted octanol–water partition coefficient (Wildman–Crippen LogP) is 1.68. The minimum Gasteiger partial charge on any atom is -0.481 e. The second kappa shape index (κ2) is 3.12. The van der Waals surface area contributed by atoms with Gasteiger partial charge in [-0.25, -0.2) is 10.9 Å². The molecule has 1 heterocycles. The predicted molar refractivity (Wildman–Crippen MR) is 44.6 cm³/mol. The summed E-state index contributed by atoms with van der Waals surface area (Å²) in [7, 11) is -0.598. The van der Waals surface area contributed by atoms with Crippen molar-refractivity contribution in [3.63, 3.8) is 0 Å². The van der Waals surface area contributed by atoms with Gasteiger partial charge in [0.15, 0.2) is 0 Å². The van der Waals surface area contributed by atoms with Crippen molar-refractivity contribution in [3.05, 3.63) is 21.9 Å². The standard InChI is InChI=1S/C6H7ClO2S/c7-5-1-2-10(3-5)4-6(8)9/h1-3,10H,4H2,(H,8,9). The van der Waals surface area contributed by atoms with Crippen LogP contribution in [0.1, 0.15) is 0 Å². The van der Waals surface area contributed by atoms with Crippen LogP contribution >= 0.6 is 22.5 Å². The van der Waals surface area contributed by atoms with Gasteiger partial charge in [0.2, 0.25) is 0 Å². The maximum absolute atomic E-state index is 10.2. The van der Waals surface area contributed by atoms with E-state index in [1.807, 2.05) is 5.41 Å². The van der Waals surface area contributed by atoms with Gasteiger partial charge in [0, 0.05) is 5.03 Å². The van der Waals surface area contributed by atoms with E-state index in [1.165, 1.54) is 0 Å². The summed E-state index contributed by atoms with van der Waals surface area (Å²) < 4.78 is 0. The quantitative estimate of drug-likeness (QED) is 0.632. The molecule has 0 aromatic rings. The molecule has 0 spiro atoms. The highest BCUT2D eigenvalue weighted by atomic mass is 35.5. The molecule has 1 rings (SSSR count).